The third-order valence-electron chi connectivity index (χ3n) is 1.94. The van der Waals surface area contributed by atoms with Crippen molar-refractivity contribution in [2.75, 3.05) is 5.73 Å². The molecule has 0 unspecified atom stereocenters. The summed E-state index contributed by atoms with van der Waals surface area (Å²) in [5, 5.41) is 11.9. The number of amides is 2. The van der Waals surface area contributed by atoms with Crippen LogP contribution in [0.1, 0.15) is 26.4 Å². The number of nitrogens with zero attached hydrogens (tertiary/aromatic N) is 3. The minimum atomic E-state index is -1.18. The van der Waals surface area contributed by atoms with Crippen LogP contribution in [0.4, 0.5) is 5.82 Å². The van der Waals surface area contributed by atoms with Crippen molar-refractivity contribution >= 4 is 23.8 Å². The Morgan fingerprint density at radius 1 is 1.50 bits per heavy atom. The van der Waals surface area contributed by atoms with E-state index in [9.17, 15) is 14.5 Å². The summed E-state index contributed by atoms with van der Waals surface area (Å²) in [6.45, 7) is 0. The average Bonchev–Trinajstić information content (AvgIpc) is 2.37. The van der Waals surface area contributed by atoms with Crippen LogP contribution in [0.15, 0.2) is 16.5 Å². The quantitative estimate of drug-likeness (QED) is 0.258. The van der Waals surface area contributed by atoms with Crippen molar-refractivity contribution < 1.29 is 9.59 Å². The molecule has 5 N–H and O–H groups in total. The standard InChI is InChI=1S/C8H7N7O3/c9-2-4-3(7(16)14-18)1-5(12-6(4)10)8(17)13-15-11/h1-2,9H,(H2,10,12)(H2,11,13,17). The molecule has 92 valence electrons. The number of nitroso groups, excluding NO2 is 1. The molecule has 0 aliphatic carbocycles. The van der Waals surface area contributed by atoms with Crippen LogP contribution >= 0.6 is 0 Å². The molecule has 0 aromatic carbocycles. The zero-order chi connectivity index (χ0) is 13.7. The SMILES string of the molecule is N=Cc1c(C(=O)N=O)cc(C(=O)NN=N)nc1N. The Kier molecular flexibility index (Phi) is 3.86. The average molecular weight is 249 g/mol. The van der Waals surface area contributed by atoms with E-state index in [4.69, 9.17) is 16.7 Å². The molecular formula is C8H7N7O3. The first kappa shape index (κ1) is 13.0. The van der Waals surface area contributed by atoms with Crippen LogP contribution in [0.25, 0.3) is 0 Å². The lowest BCUT2D eigenvalue weighted by molar-refractivity contribution is 0.0945. The molecule has 2 amide bonds. The van der Waals surface area contributed by atoms with Crippen LogP contribution in [-0.2, 0) is 0 Å². The van der Waals surface area contributed by atoms with Gasteiger partial charge >= 0.3 is 5.91 Å². The van der Waals surface area contributed by atoms with Gasteiger partial charge in [-0.05, 0) is 6.07 Å². The Morgan fingerprint density at radius 3 is 2.67 bits per heavy atom. The van der Waals surface area contributed by atoms with Gasteiger partial charge in [-0.3, -0.25) is 9.59 Å². The van der Waals surface area contributed by atoms with Gasteiger partial charge in [-0.15, -0.1) is 4.91 Å². The summed E-state index contributed by atoms with van der Waals surface area (Å²) < 4.78 is 0. The number of nitrogens with one attached hydrogen (secondary N) is 3. The molecule has 0 bridgehead atoms. The summed E-state index contributed by atoms with van der Waals surface area (Å²) >= 11 is 0. The fourth-order valence-corrected chi connectivity index (χ4v) is 1.18. The lowest BCUT2D eigenvalue weighted by Gasteiger charge is -2.06. The molecule has 1 rings (SSSR count). The van der Waals surface area contributed by atoms with Crippen LogP contribution in [0.5, 0.6) is 0 Å². The number of nitrogen functional groups attached to an aromatic ring is 1. The summed E-state index contributed by atoms with van der Waals surface area (Å²) in [6, 6.07) is 0.945. The second-order valence-electron chi connectivity index (χ2n) is 2.95. The smallest absolute Gasteiger partial charge is 0.317 e. The molecule has 1 aromatic rings. The fraction of sp³-hybridized carbons (Fsp3) is 0. The maximum absolute atomic E-state index is 11.3. The molecule has 0 fully saturated rings. The molecule has 10 heteroatoms. The highest BCUT2D eigenvalue weighted by Gasteiger charge is 2.19. The molecule has 1 aromatic heterocycles. The van der Waals surface area contributed by atoms with E-state index in [0.29, 0.717) is 0 Å². The highest BCUT2D eigenvalue weighted by Crippen LogP contribution is 2.16. The van der Waals surface area contributed by atoms with E-state index in [0.717, 1.165) is 12.3 Å². The van der Waals surface area contributed by atoms with E-state index in [1.807, 2.05) is 0 Å². The summed E-state index contributed by atoms with van der Waals surface area (Å²) in [7, 11) is 0. The molecule has 0 saturated heterocycles. The van der Waals surface area contributed by atoms with Gasteiger partial charge in [0.05, 0.1) is 5.56 Å². The van der Waals surface area contributed by atoms with E-state index in [-0.39, 0.29) is 22.6 Å². The minimum absolute atomic E-state index is 0.112. The highest BCUT2D eigenvalue weighted by molar-refractivity contribution is 6.06. The van der Waals surface area contributed by atoms with Gasteiger partial charge in [-0.2, -0.15) is 5.53 Å². The molecule has 0 spiro atoms. The van der Waals surface area contributed by atoms with Crippen molar-refractivity contribution in [2.45, 2.75) is 0 Å². The predicted octanol–water partition coefficient (Wildman–Crippen LogP) is 0.244. The molecule has 1 heterocycles. The molecule has 0 atom stereocenters. The summed E-state index contributed by atoms with van der Waals surface area (Å²) in [5.41, 5.74) is 12.9. The van der Waals surface area contributed by atoms with Gasteiger partial charge in [0.1, 0.15) is 11.5 Å². The maximum atomic E-state index is 11.3. The Hall–Kier alpha value is -3.04. The zero-order valence-corrected chi connectivity index (χ0v) is 8.80. The Morgan fingerprint density at radius 2 is 2.17 bits per heavy atom. The number of rotatable bonds is 4. The second-order valence-corrected chi connectivity index (χ2v) is 2.95. The van der Waals surface area contributed by atoms with Crippen LogP contribution in [0.2, 0.25) is 0 Å². The molecule has 0 aliphatic rings. The number of hydrogen-bond donors (Lipinski definition) is 4. The Balaban J connectivity index is 3.43. The first-order chi connectivity index (χ1) is 8.54. The van der Waals surface area contributed by atoms with E-state index < -0.39 is 11.8 Å². The number of carbonyl (C=O) groups is 2. The van der Waals surface area contributed by atoms with Crippen molar-refractivity contribution in [3.8, 4) is 0 Å². The third-order valence-corrected chi connectivity index (χ3v) is 1.94. The number of carbonyl (C=O) groups excluding carboxylic acids is 2. The van der Waals surface area contributed by atoms with Crippen molar-refractivity contribution in [1.29, 1.82) is 10.9 Å². The maximum Gasteiger partial charge on any atom is 0.317 e. The molecule has 0 aliphatic heterocycles. The molecule has 18 heavy (non-hydrogen) atoms. The van der Waals surface area contributed by atoms with E-state index in [1.165, 1.54) is 0 Å². The van der Waals surface area contributed by atoms with E-state index >= 15 is 0 Å². The Bertz CT molecular complexity index is 554. The van der Waals surface area contributed by atoms with Gasteiger partial charge in [0.2, 0.25) is 0 Å². The van der Waals surface area contributed by atoms with Gasteiger partial charge in [0.15, 0.2) is 0 Å². The number of aromatic nitrogens is 1. The molecule has 0 radical (unpaired) electrons. The number of pyridine rings is 1. The van der Waals surface area contributed by atoms with Crippen molar-refractivity contribution in [1.82, 2.24) is 10.4 Å². The van der Waals surface area contributed by atoms with Gasteiger partial charge in [0, 0.05) is 17.0 Å². The lowest BCUT2D eigenvalue weighted by Crippen LogP contribution is -2.20. The van der Waals surface area contributed by atoms with Crippen molar-refractivity contribution in [2.24, 2.45) is 10.4 Å². The monoisotopic (exact) mass is 249 g/mol. The normalized spacial score (nSPS) is 9.33. The number of anilines is 1. The van der Waals surface area contributed by atoms with E-state index in [2.05, 4.69) is 15.4 Å². The molecule has 10 nitrogen and oxygen atoms in total. The fourth-order valence-electron chi connectivity index (χ4n) is 1.18. The largest absolute Gasteiger partial charge is 0.383 e. The third kappa shape index (κ3) is 2.37. The number of nitrogens with two attached hydrogens (primary N) is 1. The van der Waals surface area contributed by atoms with Gasteiger partial charge in [-0.1, -0.05) is 5.22 Å². The zero-order valence-electron chi connectivity index (χ0n) is 8.80. The Labute approximate surface area is 99.5 Å². The topological polar surface area (TPSA) is 175 Å². The first-order valence-corrected chi connectivity index (χ1v) is 4.40. The van der Waals surface area contributed by atoms with Crippen molar-refractivity contribution in [3.63, 3.8) is 0 Å². The van der Waals surface area contributed by atoms with Crippen LogP contribution in [0, 0.1) is 15.8 Å². The second kappa shape index (κ2) is 5.34. The first-order valence-electron chi connectivity index (χ1n) is 4.40. The highest BCUT2D eigenvalue weighted by atomic mass is 16.3. The van der Waals surface area contributed by atoms with Crippen LogP contribution in [0.3, 0.4) is 0 Å². The lowest BCUT2D eigenvalue weighted by atomic mass is 10.1. The molecule has 0 saturated carbocycles. The van der Waals surface area contributed by atoms with Crippen molar-refractivity contribution in [3.05, 3.63) is 27.8 Å². The summed E-state index contributed by atoms with van der Waals surface area (Å²) in [4.78, 5) is 36.4. The molecular weight excluding hydrogens is 242 g/mol. The number of hydrogen-bond acceptors (Lipinski definition) is 8. The van der Waals surface area contributed by atoms with Gasteiger partial charge in [-0.25, -0.2) is 10.4 Å². The van der Waals surface area contributed by atoms with Crippen LogP contribution in [-0.4, -0.2) is 23.0 Å². The van der Waals surface area contributed by atoms with Crippen LogP contribution < -0.4 is 11.2 Å². The summed E-state index contributed by atoms with van der Waals surface area (Å²) in [5.74, 6) is -2.35. The minimum Gasteiger partial charge on any atom is -0.383 e. The van der Waals surface area contributed by atoms with Gasteiger partial charge in [0.25, 0.3) is 5.91 Å². The summed E-state index contributed by atoms with van der Waals surface area (Å²) in [6.07, 6.45) is 0.720. The van der Waals surface area contributed by atoms with Gasteiger partial charge < -0.3 is 11.1 Å². The van der Waals surface area contributed by atoms with E-state index in [1.54, 1.807) is 5.43 Å². The predicted molar refractivity (Wildman–Crippen MR) is 59.3 cm³/mol.